The summed E-state index contributed by atoms with van der Waals surface area (Å²) in [5.41, 5.74) is -3.23. The Hall–Kier alpha value is -3.10. The topological polar surface area (TPSA) is 79.8 Å². The molecule has 2 aromatic rings. The first-order chi connectivity index (χ1) is 12.2. The van der Waals surface area contributed by atoms with Crippen molar-refractivity contribution >= 4 is 17.3 Å². The summed E-state index contributed by atoms with van der Waals surface area (Å²) < 4.78 is 52.2. The number of aromatic hydroxyl groups is 1. The fraction of sp³-hybridized carbons (Fsp3) is 0.235. The van der Waals surface area contributed by atoms with Crippen molar-refractivity contribution in [2.75, 3.05) is 24.9 Å². The molecule has 0 radical (unpaired) electrons. The van der Waals surface area contributed by atoms with Crippen LogP contribution in [-0.4, -0.2) is 31.4 Å². The van der Waals surface area contributed by atoms with Crippen molar-refractivity contribution in [1.29, 1.82) is 0 Å². The summed E-state index contributed by atoms with van der Waals surface area (Å²) in [7, 11) is 2.37. The van der Waals surface area contributed by atoms with Crippen LogP contribution in [-0.2, 0) is 10.3 Å². The molecule has 0 aliphatic carbocycles. The average Bonchev–Trinajstić information content (AvgIpc) is 2.60. The van der Waals surface area contributed by atoms with E-state index in [1.165, 1.54) is 26.4 Å². The maximum absolute atomic E-state index is 14.1. The number of anilines is 2. The van der Waals surface area contributed by atoms with Gasteiger partial charge in [0.25, 0.3) is 5.91 Å². The molecule has 0 spiro atoms. The second-order valence-electron chi connectivity index (χ2n) is 5.60. The molecule has 0 aromatic heterocycles. The van der Waals surface area contributed by atoms with Gasteiger partial charge in [-0.1, -0.05) is 12.1 Å². The smallest absolute Gasteiger partial charge is 0.424 e. The number of carbonyl (C=O) groups is 1. The van der Waals surface area contributed by atoms with Crippen molar-refractivity contribution in [3.8, 4) is 17.2 Å². The number of ether oxygens (including phenoxy) is 2. The van der Waals surface area contributed by atoms with Crippen molar-refractivity contribution < 1.29 is 32.5 Å². The number of phenolic OH excluding ortho intramolecular Hbond substituents is 1. The minimum Gasteiger partial charge on any atom is -0.502 e. The molecule has 0 bridgehead atoms. The first-order valence-corrected chi connectivity index (χ1v) is 7.45. The Morgan fingerprint density at radius 3 is 2.08 bits per heavy atom. The number of fused-ring (bicyclic) bond motifs is 1. The van der Waals surface area contributed by atoms with Crippen LogP contribution in [0.1, 0.15) is 5.56 Å². The highest BCUT2D eigenvalue weighted by Crippen LogP contribution is 2.49. The van der Waals surface area contributed by atoms with E-state index < -0.39 is 28.9 Å². The zero-order chi connectivity index (χ0) is 19.1. The van der Waals surface area contributed by atoms with E-state index in [4.69, 9.17) is 9.47 Å². The number of benzene rings is 2. The molecule has 2 aromatic carbocycles. The van der Waals surface area contributed by atoms with Gasteiger partial charge in [0.05, 0.1) is 25.6 Å². The quantitative estimate of drug-likeness (QED) is 0.775. The lowest BCUT2D eigenvalue weighted by Gasteiger charge is -2.40. The van der Waals surface area contributed by atoms with E-state index in [1.54, 1.807) is 12.1 Å². The van der Waals surface area contributed by atoms with Crippen LogP contribution in [0.25, 0.3) is 0 Å². The Kier molecular flexibility index (Phi) is 4.09. The van der Waals surface area contributed by atoms with Crippen molar-refractivity contribution in [2.45, 2.75) is 11.7 Å². The van der Waals surface area contributed by atoms with Crippen molar-refractivity contribution in [2.24, 2.45) is 0 Å². The zero-order valence-corrected chi connectivity index (χ0v) is 13.8. The molecule has 0 fully saturated rings. The van der Waals surface area contributed by atoms with Gasteiger partial charge in [-0.2, -0.15) is 13.2 Å². The van der Waals surface area contributed by atoms with Gasteiger partial charge >= 0.3 is 6.18 Å². The zero-order valence-electron chi connectivity index (χ0n) is 13.8. The van der Waals surface area contributed by atoms with Gasteiger partial charge in [0.1, 0.15) is 0 Å². The lowest BCUT2D eigenvalue weighted by Crippen LogP contribution is -2.59. The number of hydrogen-bond donors (Lipinski definition) is 3. The second-order valence-corrected chi connectivity index (χ2v) is 5.60. The number of rotatable bonds is 3. The lowest BCUT2D eigenvalue weighted by atomic mass is 9.85. The van der Waals surface area contributed by atoms with Gasteiger partial charge in [0.15, 0.2) is 11.5 Å². The van der Waals surface area contributed by atoms with E-state index in [0.717, 1.165) is 12.1 Å². The SMILES string of the molecule is COc1cc([C@]2(C(F)(F)F)Nc3ccccc3NC2=O)cc(OC)c1O. The van der Waals surface area contributed by atoms with E-state index in [0.29, 0.717) is 0 Å². The Labute approximate surface area is 146 Å². The van der Waals surface area contributed by atoms with Crippen molar-refractivity contribution in [3.63, 3.8) is 0 Å². The third-order valence-electron chi connectivity index (χ3n) is 4.18. The fourth-order valence-corrected chi connectivity index (χ4v) is 2.85. The van der Waals surface area contributed by atoms with Crippen LogP contribution in [0.5, 0.6) is 17.2 Å². The summed E-state index contributed by atoms with van der Waals surface area (Å²) in [4.78, 5) is 12.6. The maximum Gasteiger partial charge on any atom is 0.424 e. The summed E-state index contributed by atoms with van der Waals surface area (Å²) in [5.74, 6) is -2.28. The molecular weight excluding hydrogens is 353 g/mol. The molecule has 6 nitrogen and oxygen atoms in total. The van der Waals surface area contributed by atoms with Gasteiger partial charge in [0, 0.05) is 5.56 Å². The normalized spacial score (nSPS) is 19.2. The Morgan fingerprint density at radius 1 is 1.04 bits per heavy atom. The van der Waals surface area contributed by atoms with E-state index >= 15 is 0 Å². The summed E-state index contributed by atoms with van der Waals surface area (Å²) >= 11 is 0. The number of alkyl halides is 3. The largest absolute Gasteiger partial charge is 0.502 e. The minimum absolute atomic E-state index is 0.107. The first kappa shape index (κ1) is 17.7. The number of nitrogens with one attached hydrogen (secondary N) is 2. The van der Waals surface area contributed by atoms with Gasteiger partial charge in [-0.25, -0.2) is 0 Å². The van der Waals surface area contributed by atoms with Gasteiger partial charge < -0.3 is 25.2 Å². The van der Waals surface area contributed by atoms with Crippen LogP contribution in [0.2, 0.25) is 0 Å². The summed E-state index contributed by atoms with van der Waals surface area (Å²) in [5, 5.41) is 14.6. The first-order valence-electron chi connectivity index (χ1n) is 7.45. The molecule has 1 aliphatic heterocycles. The number of phenols is 1. The predicted octanol–water partition coefficient (Wildman–Crippen LogP) is 3.23. The Balaban J connectivity index is 2.28. The molecule has 1 atom stereocenters. The molecule has 3 N–H and O–H groups in total. The number of methoxy groups -OCH3 is 2. The lowest BCUT2D eigenvalue weighted by molar-refractivity contribution is -0.186. The molecule has 1 amide bonds. The van der Waals surface area contributed by atoms with Crippen LogP contribution in [0, 0.1) is 0 Å². The van der Waals surface area contributed by atoms with Crippen molar-refractivity contribution in [3.05, 3.63) is 42.0 Å². The highest BCUT2D eigenvalue weighted by Gasteiger charge is 2.63. The maximum atomic E-state index is 14.1. The molecule has 3 rings (SSSR count). The minimum atomic E-state index is -5.00. The molecular formula is C17H15F3N2O4. The molecule has 26 heavy (non-hydrogen) atoms. The number of halogens is 3. The molecule has 1 heterocycles. The summed E-state index contributed by atoms with van der Waals surface area (Å²) in [6, 6.07) is 7.94. The summed E-state index contributed by atoms with van der Waals surface area (Å²) in [6.45, 7) is 0. The molecule has 9 heteroatoms. The van der Waals surface area contributed by atoms with Crippen LogP contribution >= 0.6 is 0 Å². The molecule has 0 unspecified atom stereocenters. The van der Waals surface area contributed by atoms with Crippen LogP contribution in [0.3, 0.4) is 0 Å². The van der Waals surface area contributed by atoms with Crippen LogP contribution in [0.15, 0.2) is 36.4 Å². The van der Waals surface area contributed by atoms with Gasteiger partial charge in [-0.05, 0) is 24.3 Å². The monoisotopic (exact) mass is 368 g/mol. The fourth-order valence-electron chi connectivity index (χ4n) is 2.85. The molecule has 138 valence electrons. The highest BCUT2D eigenvalue weighted by molar-refractivity contribution is 6.07. The average molecular weight is 368 g/mol. The number of carbonyl (C=O) groups excluding carboxylic acids is 1. The number of amides is 1. The molecule has 0 saturated heterocycles. The van der Waals surface area contributed by atoms with E-state index in [2.05, 4.69) is 10.6 Å². The third-order valence-corrected chi connectivity index (χ3v) is 4.18. The third kappa shape index (κ3) is 2.47. The Morgan fingerprint density at radius 2 is 1.58 bits per heavy atom. The Bertz CT molecular complexity index is 844. The van der Waals surface area contributed by atoms with Gasteiger partial charge in [-0.15, -0.1) is 0 Å². The van der Waals surface area contributed by atoms with E-state index in [-0.39, 0.29) is 22.9 Å². The number of hydrogen-bond acceptors (Lipinski definition) is 5. The number of para-hydroxylation sites is 2. The highest BCUT2D eigenvalue weighted by atomic mass is 19.4. The van der Waals surface area contributed by atoms with Crippen molar-refractivity contribution in [1.82, 2.24) is 0 Å². The molecule has 0 saturated carbocycles. The second kappa shape index (κ2) is 6.01. The standard InChI is InChI=1S/C17H15F3N2O4/c1-25-12-7-9(8-13(26-2)14(12)23)16(17(18,19)20)15(24)21-10-5-3-4-6-11(10)22-16/h3-8,22-23H,1-2H3,(H,21,24)/t16-/m0/s1. The van der Waals surface area contributed by atoms with Crippen LogP contribution in [0.4, 0.5) is 24.5 Å². The van der Waals surface area contributed by atoms with Gasteiger partial charge in [-0.3, -0.25) is 4.79 Å². The van der Waals surface area contributed by atoms with E-state index in [9.17, 15) is 23.1 Å². The van der Waals surface area contributed by atoms with Crippen LogP contribution < -0.4 is 20.1 Å². The molecule has 1 aliphatic rings. The summed E-state index contributed by atoms with van der Waals surface area (Å²) in [6.07, 6.45) is -5.00. The van der Waals surface area contributed by atoms with Gasteiger partial charge in [0.2, 0.25) is 11.3 Å². The predicted molar refractivity (Wildman–Crippen MR) is 87.6 cm³/mol. The van der Waals surface area contributed by atoms with E-state index in [1.807, 2.05) is 0 Å².